The van der Waals surface area contributed by atoms with Crippen molar-refractivity contribution in [1.29, 1.82) is 0 Å². The van der Waals surface area contributed by atoms with E-state index in [1.165, 1.54) is 12.3 Å². The summed E-state index contributed by atoms with van der Waals surface area (Å²) in [5.41, 5.74) is 0.837. The molecule has 20 heavy (non-hydrogen) atoms. The van der Waals surface area contributed by atoms with Gasteiger partial charge in [-0.3, -0.25) is 4.79 Å². The van der Waals surface area contributed by atoms with Crippen LogP contribution in [0, 0.1) is 6.92 Å². The van der Waals surface area contributed by atoms with Gasteiger partial charge in [-0.1, -0.05) is 6.07 Å². The van der Waals surface area contributed by atoms with Crippen molar-refractivity contribution in [1.82, 2.24) is 4.98 Å². The van der Waals surface area contributed by atoms with Crippen molar-refractivity contribution in [3.8, 4) is 0 Å². The van der Waals surface area contributed by atoms with Crippen molar-refractivity contribution in [3.63, 3.8) is 0 Å². The van der Waals surface area contributed by atoms with Crippen LogP contribution in [0.3, 0.4) is 0 Å². The fourth-order valence-electron chi connectivity index (χ4n) is 1.52. The van der Waals surface area contributed by atoms with E-state index in [4.69, 9.17) is 9.52 Å². The quantitative estimate of drug-likeness (QED) is 0.833. The van der Waals surface area contributed by atoms with Crippen molar-refractivity contribution in [2.45, 2.75) is 6.92 Å². The predicted molar refractivity (Wildman–Crippen MR) is 72.3 cm³/mol. The summed E-state index contributed by atoms with van der Waals surface area (Å²) in [6.45, 7) is 1.74. The van der Waals surface area contributed by atoms with Gasteiger partial charge in [0.2, 0.25) is 0 Å². The molecule has 0 saturated heterocycles. The fraction of sp³-hybridized carbons (Fsp3) is 0.0714. The molecule has 2 heterocycles. The largest absolute Gasteiger partial charge is 0.478 e. The first kappa shape index (κ1) is 13.5. The van der Waals surface area contributed by atoms with Crippen LogP contribution in [0.25, 0.3) is 6.08 Å². The maximum Gasteiger partial charge on any atom is 0.328 e. The second-order valence-corrected chi connectivity index (χ2v) is 4.02. The Morgan fingerprint density at radius 2 is 2.20 bits per heavy atom. The highest BCUT2D eigenvalue weighted by molar-refractivity contribution is 6.03. The topological polar surface area (TPSA) is 92.4 Å². The highest BCUT2D eigenvalue weighted by atomic mass is 16.4. The molecule has 1 amide bonds. The Morgan fingerprint density at radius 1 is 1.40 bits per heavy atom. The maximum atomic E-state index is 11.9. The molecule has 0 atom stereocenters. The Kier molecular flexibility index (Phi) is 3.95. The number of carbonyl (C=O) groups is 2. The molecule has 0 aliphatic heterocycles. The van der Waals surface area contributed by atoms with Gasteiger partial charge in [0.15, 0.2) is 0 Å². The summed E-state index contributed by atoms with van der Waals surface area (Å²) < 4.78 is 5.05. The van der Waals surface area contributed by atoms with E-state index in [0.29, 0.717) is 22.8 Å². The summed E-state index contributed by atoms with van der Waals surface area (Å²) in [7, 11) is 0. The smallest absolute Gasteiger partial charge is 0.328 e. The third kappa shape index (κ3) is 3.55. The zero-order valence-corrected chi connectivity index (χ0v) is 10.7. The molecule has 2 N–H and O–H groups in total. The first-order valence-corrected chi connectivity index (χ1v) is 5.79. The summed E-state index contributed by atoms with van der Waals surface area (Å²) in [6.07, 6.45) is 3.69. The number of carbonyl (C=O) groups excluding carboxylic acids is 1. The average Bonchev–Trinajstić information content (AvgIpc) is 2.84. The van der Waals surface area contributed by atoms with Crippen LogP contribution in [0.1, 0.15) is 21.8 Å². The normalized spacial score (nSPS) is 10.7. The van der Waals surface area contributed by atoms with Crippen LogP contribution in [-0.2, 0) is 4.79 Å². The molecular formula is C14H12N2O4. The van der Waals surface area contributed by atoms with E-state index in [9.17, 15) is 9.59 Å². The lowest BCUT2D eigenvalue weighted by molar-refractivity contribution is -0.131. The van der Waals surface area contributed by atoms with E-state index in [-0.39, 0.29) is 5.91 Å². The summed E-state index contributed by atoms with van der Waals surface area (Å²) in [4.78, 5) is 26.4. The van der Waals surface area contributed by atoms with Gasteiger partial charge in [-0.05, 0) is 31.2 Å². The fourth-order valence-corrected chi connectivity index (χ4v) is 1.52. The molecule has 0 aliphatic rings. The van der Waals surface area contributed by atoms with E-state index >= 15 is 0 Å². The van der Waals surface area contributed by atoms with Crippen LogP contribution < -0.4 is 5.32 Å². The third-order valence-electron chi connectivity index (χ3n) is 2.40. The molecule has 6 heteroatoms. The van der Waals surface area contributed by atoms with Gasteiger partial charge in [-0.2, -0.15) is 0 Å². The summed E-state index contributed by atoms with van der Waals surface area (Å²) in [6, 6.07) is 6.54. The summed E-state index contributed by atoms with van der Waals surface area (Å²) in [5, 5.41) is 11.2. The number of furan rings is 1. The van der Waals surface area contributed by atoms with E-state index in [1.54, 1.807) is 31.2 Å². The summed E-state index contributed by atoms with van der Waals surface area (Å²) >= 11 is 0. The number of carboxylic acids is 1. The number of hydrogen-bond acceptors (Lipinski definition) is 4. The molecule has 0 saturated carbocycles. The molecule has 0 aliphatic carbocycles. The SMILES string of the molecule is Cc1cc(C(=O)Nc2cccc(/C=C/C(=O)O)n2)co1. The molecule has 0 unspecified atom stereocenters. The molecule has 102 valence electrons. The van der Waals surface area contributed by atoms with Crippen molar-refractivity contribution in [3.05, 3.63) is 53.6 Å². The number of aliphatic carboxylic acids is 1. The lowest BCUT2D eigenvalue weighted by Gasteiger charge is -2.03. The molecule has 0 spiro atoms. The van der Waals surface area contributed by atoms with Crippen LogP contribution in [-0.4, -0.2) is 22.0 Å². The second kappa shape index (κ2) is 5.83. The Labute approximate surface area is 114 Å². The number of hydrogen-bond donors (Lipinski definition) is 2. The number of rotatable bonds is 4. The lowest BCUT2D eigenvalue weighted by Crippen LogP contribution is -2.12. The lowest BCUT2D eigenvalue weighted by atomic mass is 10.3. The van der Waals surface area contributed by atoms with E-state index in [2.05, 4.69) is 10.3 Å². The number of aromatic nitrogens is 1. The number of nitrogens with zero attached hydrogens (tertiary/aromatic N) is 1. The number of nitrogens with one attached hydrogen (secondary N) is 1. The number of carboxylic acid groups (broad SMARTS) is 1. The Hall–Kier alpha value is -2.89. The molecule has 0 aromatic carbocycles. The van der Waals surface area contributed by atoms with Gasteiger partial charge < -0.3 is 14.8 Å². The van der Waals surface area contributed by atoms with E-state index in [0.717, 1.165) is 6.08 Å². The second-order valence-electron chi connectivity index (χ2n) is 4.02. The van der Waals surface area contributed by atoms with E-state index < -0.39 is 5.97 Å². The van der Waals surface area contributed by atoms with Crippen LogP contribution in [0.2, 0.25) is 0 Å². The minimum absolute atomic E-state index is 0.335. The minimum atomic E-state index is -1.06. The molecular weight excluding hydrogens is 260 g/mol. The van der Waals surface area contributed by atoms with Gasteiger partial charge in [0.25, 0.3) is 5.91 Å². The van der Waals surface area contributed by atoms with Gasteiger partial charge in [0.1, 0.15) is 17.8 Å². The van der Waals surface area contributed by atoms with Crippen molar-refractivity contribution < 1.29 is 19.1 Å². The van der Waals surface area contributed by atoms with Gasteiger partial charge in [-0.25, -0.2) is 9.78 Å². The van der Waals surface area contributed by atoms with Crippen LogP contribution in [0.5, 0.6) is 0 Å². The van der Waals surface area contributed by atoms with Crippen molar-refractivity contribution in [2.24, 2.45) is 0 Å². The van der Waals surface area contributed by atoms with Crippen molar-refractivity contribution in [2.75, 3.05) is 5.32 Å². The van der Waals surface area contributed by atoms with E-state index in [1.807, 2.05) is 0 Å². The Balaban J connectivity index is 2.11. The molecule has 2 aromatic rings. The maximum absolute atomic E-state index is 11.9. The first-order chi connectivity index (χ1) is 9.54. The molecule has 2 rings (SSSR count). The standard InChI is InChI=1S/C14H12N2O4/c1-9-7-10(8-20-9)14(19)16-12-4-2-3-11(15-12)5-6-13(17)18/h2-8H,1H3,(H,17,18)(H,15,16,19)/b6-5+. The molecule has 0 fully saturated rings. The van der Waals surface area contributed by atoms with Crippen LogP contribution in [0.4, 0.5) is 5.82 Å². The highest BCUT2D eigenvalue weighted by Gasteiger charge is 2.09. The van der Waals surface area contributed by atoms with Gasteiger partial charge in [0, 0.05) is 6.08 Å². The Bertz CT molecular complexity index is 673. The number of pyridine rings is 1. The number of aryl methyl sites for hydroxylation is 1. The molecule has 0 radical (unpaired) electrons. The number of anilines is 1. The summed E-state index contributed by atoms with van der Waals surface area (Å²) in [5.74, 6) is -0.425. The van der Waals surface area contributed by atoms with Gasteiger partial charge >= 0.3 is 5.97 Å². The third-order valence-corrected chi connectivity index (χ3v) is 2.40. The first-order valence-electron chi connectivity index (χ1n) is 5.79. The molecule has 0 bridgehead atoms. The van der Waals surface area contributed by atoms with Gasteiger partial charge in [-0.15, -0.1) is 0 Å². The zero-order valence-electron chi connectivity index (χ0n) is 10.7. The van der Waals surface area contributed by atoms with Gasteiger partial charge in [0.05, 0.1) is 11.3 Å². The zero-order chi connectivity index (χ0) is 14.5. The minimum Gasteiger partial charge on any atom is -0.478 e. The Morgan fingerprint density at radius 3 is 2.85 bits per heavy atom. The monoisotopic (exact) mass is 272 g/mol. The van der Waals surface area contributed by atoms with Crippen molar-refractivity contribution >= 4 is 23.8 Å². The predicted octanol–water partition coefficient (Wildman–Crippen LogP) is 2.33. The van der Waals surface area contributed by atoms with Crippen LogP contribution >= 0.6 is 0 Å². The molecule has 2 aromatic heterocycles. The van der Waals surface area contributed by atoms with Crippen LogP contribution in [0.15, 0.2) is 41.0 Å². The highest BCUT2D eigenvalue weighted by Crippen LogP contribution is 2.11. The average molecular weight is 272 g/mol. The number of amides is 1. The molecule has 6 nitrogen and oxygen atoms in total.